The Morgan fingerprint density at radius 3 is 2.70 bits per heavy atom. The van der Waals surface area contributed by atoms with E-state index in [9.17, 15) is 9.59 Å². The Morgan fingerprint density at radius 1 is 1.09 bits per heavy atom. The van der Waals surface area contributed by atoms with Crippen LogP contribution in [0.15, 0.2) is 24.3 Å². The number of rotatable bonds is 3. The molecule has 1 aromatic rings. The van der Waals surface area contributed by atoms with Gasteiger partial charge in [0.05, 0.1) is 6.61 Å². The normalized spacial score (nSPS) is 21.3. The second-order valence-electron chi connectivity index (χ2n) is 6.33. The average Bonchev–Trinajstić information content (AvgIpc) is 2.60. The first-order valence-electron chi connectivity index (χ1n) is 8.52. The lowest BCUT2D eigenvalue weighted by Gasteiger charge is -2.26. The molecular weight excluding hydrogens is 292 g/mol. The zero-order chi connectivity index (χ0) is 16.1. The monoisotopic (exact) mass is 316 g/mol. The summed E-state index contributed by atoms with van der Waals surface area (Å²) in [5.41, 5.74) is 2.36. The van der Waals surface area contributed by atoms with Gasteiger partial charge in [0.15, 0.2) is 0 Å². The summed E-state index contributed by atoms with van der Waals surface area (Å²) in [6, 6.07) is 8.24. The predicted molar refractivity (Wildman–Crippen MR) is 86.9 cm³/mol. The minimum atomic E-state index is -0.567. The van der Waals surface area contributed by atoms with E-state index in [0.29, 0.717) is 13.2 Å². The minimum Gasteiger partial charge on any atom is -0.371 e. The first-order valence-corrected chi connectivity index (χ1v) is 8.52. The molecule has 1 aliphatic carbocycles. The molecule has 23 heavy (non-hydrogen) atoms. The fourth-order valence-corrected chi connectivity index (χ4v) is 3.41. The molecule has 0 aromatic heterocycles. The van der Waals surface area contributed by atoms with Crippen LogP contribution >= 0.6 is 0 Å². The summed E-state index contributed by atoms with van der Waals surface area (Å²) in [4.78, 5) is 24.0. The van der Waals surface area contributed by atoms with Crippen LogP contribution in [0, 0.1) is 0 Å². The summed E-state index contributed by atoms with van der Waals surface area (Å²) in [7, 11) is 0. The van der Waals surface area contributed by atoms with E-state index in [2.05, 4.69) is 16.7 Å². The van der Waals surface area contributed by atoms with Gasteiger partial charge in [-0.25, -0.2) is 0 Å². The molecule has 2 N–H and O–H groups in total. The Balaban J connectivity index is 1.50. The van der Waals surface area contributed by atoms with E-state index in [0.717, 1.165) is 37.7 Å². The van der Waals surface area contributed by atoms with Crippen LogP contribution in [0.3, 0.4) is 0 Å². The Hall–Kier alpha value is -1.88. The highest BCUT2D eigenvalue weighted by molar-refractivity contribution is 6.35. The van der Waals surface area contributed by atoms with Gasteiger partial charge in [-0.3, -0.25) is 9.59 Å². The van der Waals surface area contributed by atoms with Gasteiger partial charge < -0.3 is 15.4 Å². The standard InChI is InChI=1S/C18H24N2O3/c21-17(18(22)20-14-7-2-1-3-8-14)19-12-16-15-9-5-4-6-13(15)10-11-23-16/h4-6,9,14,16H,1-3,7-8,10-12H2,(H,19,21)(H,20,22). The van der Waals surface area contributed by atoms with Gasteiger partial charge in [-0.2, -0.15) is 0 Å². The molecule has 3 rings (SSSR count). The number of hydrogen-bond acceptors (Lipinski definition) is 3. The number of ether oxygens (including phenoxy) is 1. The number of benzene rings is 1. The molecule has 0 radical (unpaired) electrons. The zero-order valence-corrected chi connectivity index (χ0v) is 13.3. The quantitative estimate of drug-likeness (QED) is 0.837. The molecule has 5 heteroatoms. The van der Waals surface area contributed by atoms with E-state index < -0.39 is 11.8 Å². The maximum absolute atomic E-state index is 12.0. The highest BCUT2D eigenvalue weighted by atomic mass is 16.5. The largest absolute Gasteiger partial charge is 0.371 e. The van der Waals surface area contributed by atoms with Crippen LogP contribution in [-0.2, 0) is 20.7 Å². The lowest BCUT2D eigenvalue weighted by molar-refractivity contribution is -0.140. The van der Waals surface area contributed by atoms with Crippen LogP contribution in [0.4, 0.5) is 0 Å². The molecule has 2 amide bonds. The lowest BCUT2D eigenvalue weighted by Crippen LogP contribution is -2.46. The van der Waals surface area contributed by atoms with Crippen molar-refractivity contribution in [3.63, 3.8) is 0 Å². The van der Waals surface area contributed by atoms with Crippen molar-refractivity contribution in [3.05, 3.63) is 35.4 Å². The van der Waals surface area contributed by atoms with E-state index in [1.807, 2.05) is 18.2 Å². The van der Waals surface area contributed by atoms with Crippen LogP contribution in [0.25, 0.3) is 0 Å². The van der Waals surface area contributed by atoms with Gasteiger partial charge >= 0.3 is 11.8 Å². The third kappa shape index (κ3) is 4.10. The fourth-order valence-electron chi connectivity index (χ4n) is 3.41. The van der Waals surface area contributed by atoms with Crippen molar-refractivity contribution in [2.75, 3.05) is 13.2 Å². The summed E-state index contributed by atoms with van der Waals surface area (Å²) < 4.78 is 5.74. The van der Waals surface area contributed by atoms with Crippen LogP contribution < -0.4 is 10.6 Å². The van der Waals surface area contributed by atoms with Gasteiger partial charge in [-0.05, 0) is 30.4 Å². The van der Waals surface area contributed by atoms with Gasteiger partial charge in [-0.15, -0.1) is 0 Å². The molecule has 1 aliphatic heterocycles. The number of carbonyl (C=O) groups is 2. The molecule has 2 aliphatic rings. The number of fused-ring (bicyclic) bond motifs is 1. The molecule has 1 aromatic carbocycles. The number of carbonyl (C=O) groups excluding carboxylic acids is 2. The van der Waals surface area contributed by atoms with Crippen molar-refractivity contribution >= 4 is 11.8 Å². The zero-order valence-electron chi connectivity index (χ0n) is 13.3. The summed E-state index contributed by atoms with van der Waals surface area (Å²) in [6.45, 7) is 0.972. The van der Waals surface area contributed by atoms with Gasteiger partial charge in [0.1, 0.15) is 6.10 Å². The Labute approximate surface area is 136 Å². The van der Waals surface area contributed by atoms with Crippen molar-refractivity contribution < 1.29 is 14.3 Å². The van der Waals surface area contributed by atoms with Gasteiger partial charge in [0.25, 0.3) is 0 Å². The van der Waals surface area contributed by atoms with E-state index in [-0.39, 0.29) is 12.1 Å². The molecule has 1 fully saturated rings. The van der Waals surface area contributed by atoms with Gasteiger partial charge in [-0.1, -0.05) is 43.5 Å². The third-order valence-corrected chi connectivity index (χ3v) is 4.69. The smallest absolute Gasteiger partial charge is 0.309 e. The third-order valence-electron chi connectivity index (χ3n) is 4.69. The number of nitrogens with one attached hydrogen (secondary N) is 2. The minimum absolute atomic E-state index is 0.147. The van der Waals surface area contributed by atoms with Crippen molar-refractivity contribution in [1.82, 2.24) is 10.6 Å². The summed E-state index contributed by atoms with van der Waals surface area (Å²) >= 11 is 0. The van der Waals surface area contributed by atoms with Crippen LogP contribution in [0.1, 0.15) is 49.3 Å². The van der Waals surface area contributed by atoms with Crippen molar-refractivity contribution in [2.45, 2.75) is 50.7 Å². The second kappa shape index (κ2) is 7.59. The number of hydrogen-bond donors (Lipinski definition) is 2. The summed E-state index contributed by atoms with van der Waals surface area (Å²) in [6.07, 6.45) is 6.13. The Kier molecular flexibility index (Phi) is 5.28. The SMILES string of the molecule is O=C(NCC1OCCc2ccccc21)C(=O)NC1CCCCC1. The Bertz CT molecular complexity index is 567. The van der Waals surface area contributed by atoms with Crippen molar-refractivity contribution in [2.24, 2.45) is 0 Å². The van der Waals surface area contributed by atoms with E-state index >= 15 is 0 Å². The van der Waals surface area contributed by atoms with Gasteiger partial charge in [0.2, 0.25) is 0 Å². The second-order valence-corrected chi connectivity index (χ2v) is 6.33. The topological polar surface area (TPSA) is 67.4 Å². The molecule has 1 atom stereocenters. The number of amides is 2. The van der Waals surface area contributed by atoms with E-state index in [1.54, 1.807) is 0 Å². The first kappa shape index (κ1) is 16.0. The Morgan fingerprint density at radius 2 is 1.87 bits per heavy atom. The lowest BCUT2D eigenvalue weighted by atomic mass is 9.95. The molecule has 1 unspecified atom stereocenters. The molecule has 5 nitrogen and oxygen atoms in total. The molecule has 124 valence electrons. The molecular formula is C18H24N2O3. The van der Waals surface area contributed by atoms with Crippen LogP contribution in [0.5, 0.6) is 0 Å². The van der Waals surface area contributed by atoms with Crippen LogP contribution in [0.2, 0.25) is 0 Å². The summed E-state index contributed by atoms with van der Waals surface area (Å²) in [5, 5.41) is 5.54. The molecule has 0 spiro atoms. The molecule has 1 saturated carbocycles. The van der Waals surface area contributed by atoms with E-state index in [1.165, 1.54) is 12.0 Å². The highest BCUT2D eigenvalue weighted by Gasteiger charge is 2.24. The maximum Gasteiger partial charge on any atom is 0.309 e. The van der Waals surface area contributed by atoms with Crippen molar-refractivity contribution in [1.29, 1.82) is 0 Å². The maximum atomic E-state index is 12.0. The molecule has 1 heterocycles. The van der Waals surface area contributed by atoms with E-state index in [4.69, 9.17) is 4.74 Å². The van der Waals surface area contributed by atoms with Crippen LogP contribution in [-0.4, -0.2) is 31.0 Å². The van der Waals surface area contributed by atoms with Gasteiger partial charge in [0, 0.05) is 12.6 Å². The fraction of sp³-hybridized carbons (Fsp3) is 0.556. The first-order chi connectivity index (χ1) is 11.2. The predicted octanol–water partition coefficient (Wildman–Crippen LogP) is 1.87. The average molecular weight is 316 g/mol. The summed E-state index contributed by atoms with van der Waals surface area (Å²) in [5.74, 6) is -1.09. The van der Waals surface area contributed by atoms with Crippen molar-refractivity contribution in [3.8, 4) is 0 Å². The molecule has 0 saturated heterocycles. The molecule has 0 bridgehead atoms. The highest BCUT2D eigenvalue weighted by Crippen LogP contribution is 2.26.